The number of nitrogens with zero attached hydrogens (tertiary/aromatic N) is 1. The van der Waals surface area contributed by atoms with Crippen LogP contribution in [-0.4, -0.2) is 63.2 Å². The van der Waals surface area contributed by atoms with Gasteiger partial charge >= 0.3 is 5.97 Å². The van der Waals surface area contributed by atoms with Gasteiger partial charge in [0.2, 0.25) is 0 Å². The van der Waals surface area contributed by atoms with Crippen molar-refractivity contribution in [3.8, 4) is 0 Å². The number of hydrogen-bond acceptors (Lipinski definition) is 6. The van der Waals surface area contributed by atoms with E-state index in [-0.39, 0.29) is 13.2 Å². The summed E-state index contributed by atoms with van der Waals surface area (Å²) in [6, 6.07) is 0. The molecule has 108 valence electrons. The fourth-order valence-electron chi connectivity index (χ4n) is 1.20. The molecule has 1 heterocycles. The summed E-state index contributed by atoms with van der Waals surface area (Å²) < 4.78 is 35.6. The van der Waals surface area contributed by atoms with Crippen molar-refractivity contribution in [2.24, 2.45) is 0 Å². The number of hydrogen-bond donors (Lipinski definition) is 3. The van der Waals surface area contributed by atoms with Crippen LogP contribution in [0.4, 0.5) is 0 Å². The Balaban J connectivity index is 2.52. The molecule has 0 unspecified atom stereocenters. The molecule has 0 saturated heterocycles. The average Bonchev–Trinajstić information content (AvgIpc) is 2.83. The molecule has 19 heavy (non-hydrogen) atoms. The van der Waals surface area contributed by atoms with E-state index in [0.29, 0.717) is 13.2 Å². The summed E-state index contributed by atoms with van der Waals surface area (Å²) in [5.41, 5.74) is -0.409. The Morgan fingerprint density at radius 2 is 2.21 bits per heavy atom. The second-order valence-electron chi connectivity index (χ2n) is 3.42. The number of ether oxygens (including phenoxy) is 2. The molecule has 0 saturated carbocycles. The first-order valence-electron chi connectivity index (χ1n) is 5.32. The summed E-state index contributed by atoms with van der Waals surface area (Å²) in [4.78, 5) is 10.8. The SMILES string of the molecule is COCCOCCNS(=O)(=O)c1[nH]ncc1C(=O)O. The molecule has 0 radical (unpaired) electrons. The highest BCUT2D eigenvalue weighted by Gasteiger charge is 2.24. The Hall–Kier alpha value is -1.49. The standard InChI is InChI=1S/C9H15N3O6S/c1-17-4-5-18-3-2-11-19(15,16)8-7(9(13)14)6-10-12-8/h6,11H,2-5H2,1H3,(H,10,12)(H,13,14). The van der Waals surface area contributed by atoms with Crippen LogP contribution in [0.15, 0.2) is 11.2 Å². The number of aromatic carboxylic acids is 1. The summed E-state index contributed by atoms with van der Waals surface area (Å²) in [5.74, 6) is -1.37. The second kappa shape index (κ2) is 7.19. The molecular weight excluding hydrogens is 278 g/mol. The molecule has 1 rings (SSSR count). The number of sulfonamides is 1. The lowest BCUT2D eigenvalue weighted by Gasteiger charge is -2.06. The minimum Gasteiger partial charge on any atom is -0.478 e. The number of carbonyl (C=O) groups is 1. The molecule has 9 nitrogen and oxygen atoms in total. The topological polar surface area (TPSA) is 131 Å². The van der Waals surface area contributed by atoms with Gasteiger partial charge in [-0.3, -0.25) is 5.10 Å². The maximum atomic E-state index is 11.8. The van der Waals surface area contributed by atoms with Gasteiger partial charge in [0, 0.05) is 13.7 Å². The van der Waals surface area contributed by atoms with Gasteiger partial charge in [-0.1, -0.05) is 0 Å². The van der Waals surface area contributed by atoms with E-state index >= 15 is 0 Å². The minimum atomic E-state index is -3.95. The van der Waals surface area contributed by atoms with E-state index in [1.54, 1.807) is 0 Å². The number of aromatic amines is 1. The number of aromatic nitrogens is 2. The van der Waals surface area contributed by atoms with Crippen LogP contribution in [-0.2, 0) is 19.5 Å². The molecule has 0 bridgehead atoms. The van der Waals surface area contributed by atoms with Crippen LogP contribution in [0, 0.1) is 0 Å². The van der Waals surface area contributed by atoms with Crippen molar-refractivity contribution in [3.63, 3.8) is 0 Å². The molecule has 0 fully saturated rings. The van der Waals surface area contributed by atoms with Crippen molar-refractivity contribution >= 4 is 16.0 Å². The number of H-pyrrole nitrogens is 1. The highest BCUT2D eigenvalue weighted by molar-refractivity contribution is 7.89. The largest absolute Gasteiger partial charge is 0.478 e. The zero-order valence-electron chi connectivity index (χ0n) is 10.2. The van der Waals surface area contributed by atoms with Crippen molar-refractivity contribution in [1.82, 2.24) is 14.9 Å². The van der Waals surface area contributed by atoms with Gasteiger partial charge < -0.3 is 14.6 Å². The Morgan fingerprint density at radius 1 is 1.47 bits per heavy atom. The molecule has 0 spiro atoms. The number of nitrogens with one attached hydrogen (secondary N) is 2. The summed E-state index contributed by atoms with van der Waals surface area (Å²) in [7, 11) is -2.42. The van der Waals surface area contributed by atoms with Gasteiger partial charge in [0.1, 0.15) is 5.56 Å². The first kappa shape index (κ1) is 15.6. The molecular formula is C9H15N3O6S. The molecule has 0 atom stereocenters. The molecule has 0 aliphatic carbocycles. The number of carboxylic acids is 1. The van der Waals surface area contributed by atoms with E-state index in [2.05, 4.69) is 14.9 Å². The van der Waals surface area contributed by atoms with Gasteiger partial charge in [-0.25, -0.2) is 17.9 Å². The minimum absolute atomic E-state index is 0.0180. The van der Waals surface area contributed by atoms with E-state index in [9.17, 15) is 13.2 Å². The third-order valence-corrected chi connectivity index (χ3v) is 3.51. The van der Waals surface area contributed by atoms with E-state index in [4.69, 9.17) is 14.6 Å². The zero-order chi connectivity index (χ0) is 14.3. The fraction of sp³-hybridized carbons (Fsp3) is 0.556. The predicted molar refractivity (Wildman–Crippen MR) is 63.4 cm³/mol. The molecule has 0 aliphatic rings. The first-order chi connectivity index (χ1) is 8.99. The van der Waals surface area contributed by atoms with Gasteiger partial charge in [0.15, 0.2) is 5.03 Å². The molecule has 10 heteroatoms. The van der Waals surface area contributed by atoms with Crippen LogP contribution >= 0.6 is 0 Å². The lowest BCUT2D eigenvalue weighted by molar-refractivity contribution is 0.0692. The molecule has 0 aliphatic heterocycles. The molecule has 0 amide bonds. The van der Waals surface area contributed by atoms with Crippen molar-refractivity contribution in [2.45, 2.75) is 5.03 Å². The van der Waals surface area contributed by atoms with E-state index in [1.807, 2.05) is 0 Å². The van der Waals surface area contributed by atoms with Gasteiger partial charge in [0.25, 0.3) is 10.0 Å². The van der Waals surface area contributed by atoms with Crippen molar-refractivity contribution < 1.29 is 27.8 Å². The summed E-state index contributed by atoms with van der Waals surface area (Å²) in [6.45, 7) is 0.933. The van der Waals surface area contributed by atoms with Crippen LogP contribution in [0.2, 0.25) is 0 Å². The lowest BCUT2D eigenvalue weighted by atomic mass is 10.4. The second-order valence-corrected chi connectivity index (χ2v) is 5.12. The number of rotatable bonds is 9. The Labute approximate surface area is 110 Å². The van der Waals surface area contributed by atoms with E-state index in [0.717, 1.165) is 6.20 Å². The molecule has 0 aromatic carbocycles. The summed E-state index contributed by atoms with van der Waals surface area (Å²) >= 11 is 0. The highest BCUT2D eigenvalue weighted by atomic mass is 32.2. The van der Waals surface area contributed by atoms with E-state index < -0.39 is 26.6 Å². The quantitative estimate of drug-likeness (QED) is 0.500. The van der Waals surface area contributed by atoms with Gasteiger partial charge in [-0.2, -0.15) is 5.10 Å². The van der Waals surface area contributed by atoms with Crippen LogP contribution in [0.5, 0.6) is 0 Å². The van der Waals surface area contributed by atoms with Crippen molar-refractivity contribution in [2.75, 3.05) is 33.5 Å². The fourth-order valence-corrected chi connectivity index (χ4v) is 2.29. The van der Waals surface area contributed by atoms with Gasteiger partial charge in [0.05, 0.1) is 26.0 Å². The zero-order valence-corrected chi connectivity index (χ0v) is 11.1. The maximum Gasteiger partial charge on any atom is 0.340 e. The first-order valence-corrected chi connectivity index (χ1v) is 6.80. The summed E-state index contributed by atoms with van der Waals surface area (Å²) in [6.07, 6.45) is 0.936. The van der Waals surface area contributed by atoms with Crippen LogP contribution in [0.1, 0.15) is 10.4 Å². The normalized spacial score (nSPS) is 11.6. The van der Waals surface area contributed by atoms with Crippen molar-refractivity contribution in [1.29, 1.82) is 0 Å². The average molecular weight is 293 g/mol. The third-order valence-electron chi connectivity index (χ3n) is 2.07. The number of methoxy groups -OCH3 is 1. The van der Waals surface area contributed by atoms with Gasteiger partial charge in [-0.05, 0) is 0 Å². The number of carboxylic acid groups (broad SMARTS) is 1. The highest BCUT2D eigenvalue weighted by Crippen LogP contribution is 2.10. The Kier molecular flexibility index (Phi) is 5.89. The predicted octanol–water partition coefficient (Wildman–Crippen LogP) is -0.951. The molecule has 3 N–H and O–H groups in total. The third kappa shape index (κ3) is 4.59. The van der Waals surface area contributed by atoms with Crippen LogP contribution < -0.4 is 4.72 Å². The smallest absolute Gasteiger partial charge is 0.340 e. The van der Waals surface area contributed by atoms with Gasteiger partial charge in [-0.15, -0.1) is 0 Å². The van der Waals surface area contributed by atoms with E-state index in [1.165, 1.54) is 7.11 Å². The Bertz CT molecular complexity index is 512. The molecule has 1 aromatic heterocycles. The molecule has 1 aromatic rings. The van der Waals surface area contributed by atoms with Crippen LogP contribution in [0.3, 0.4) is 0 Å². The monoisotopic (exact) mass is 293 g/mol. The maximum absolute atomic E-state index is 11.8. The summed E-state index contributed by atoms with van der Waals surface area (Å²) in [5, 5.41) is 13.9. The van der Waals surface area contributed by atoms with Crippen LogP contribution in [0.25, 0.3) is 0 Å². The van der Waals surface area contributed by atoms with Crippen molar-refractivity contribution in [3.05, 3.63) is 11.8 Å². The lowest BCUT2D eigenvalue weighted by Crippen LogP contribution is -2.29. The Morgan fingerprint density at radius 3 is 2.84 bits per heavy atom.